The Morgan fingerprint density at radius 3 is 2.42 bits per heavy atom. The molecule has 3 aromatic rings. The maximum absolute atomic E-state index is 15.7. The summed E-state index contributed by atoms with van der Waals surface area (Å²) in [6, 6.07) is 1.48. The van der Waals surface area contributed by atoms with Crippen LogP contribution in [0.15, 0.2) is 29.2 Å². The van der Waals surface area contributed by atoms with Gasteiger partial charge < -0.3 is 26.0 Å². The number of aromatic nitrogens is 1. The van der Waals surface area contributed by atoms with E-state index in [1.165, 1.54) is 4.90 Å². The zero-order valence-electron chi connectivity index (χ0n) is 16.0. The van der Waals surface area contributed by atoms with Crippen LogP contribution >= 0.6 is 0 Å². The number of anilines is 2. The van der Waals surface area contributed by atoms with Crippen molar-refractivity contribution in [3.05, 3.63) is 63.5 Å². The van der Waals surface area contributed by atoms with Gasteiger partial charge in [0.2, 0.25) is 5.43 Å². The first-order chi connectivity index (χ1) is 14.5. The van der Waals surface area contributed by atoms with Crippen molar-refractivity contribution >= 4 is 28.2 Å². The van der Waals surface area contributed by atoms with Crippen LogP contribution in [0.5, 0.6) is 0 Å². The largest absolute Gasteiger partial charge is 0.477 e. The minimum atomic E-state index is -1.71. The summed E-state index contributed by atoms with van der Waals surface area (Å²) >= 11 is 0. The Hall–Kier alpha value is -3.60. The summed E-state index contributed by atoms with van der Waals surface area (Å²) in [4.78, 5) is 25.6. The van der Waals surface area contributed by atoms with Crippen LogP contribution in [-0.2, 0) is 0 Å². The summed E-state index contributed by atoms with van der Waals surface area (Å²) < 4.78 is 59.4. The SMILES string of the molecule is C[C@H]1[C@H](N)CN1c1c(F)c(N)c2c(=O)c(C(=O)O)cn(-c3ccc(F)cc3F)c2c1F. The molecule has 0 amide bonds. The fourth-order valence-electron chi connectivity index (χ4n) is 3.73. The molecular formula is C20H16F4N4O3. The lowest BCUT2D eigenvalue weighted by molar-refractivity contribution is 0.0695. The van der Waals surface area contributed by atoms with E-state index >= 15 is 8.78 Å². The standard InChI is InChI=1S/C20H16F4N4O3/c1-7-11(25)6-27(7)18-14(23)16(26)13-17(15(18)24)28(5-9(19(13)29)20(30)31)12-3-2-8(21)4-10(12)22/h2-5,7,11H,6,25-26H2,1H3,(H,30,31)/t7-,11+/m0/s1. The van der Waals surface area contributed by atoms with E-state index in [1.807, 2.05) is 0 Å². The molecule has 0 bridgehead atoms. The van der Waals surface area contributed by atoms with Crippen molar-refractivity contribution in [1.82, 2.24) is 4.57 Å². The van der Waals surface area contributed by atoms with Crippen molar-refractivity contribution in [3.63, 3.8) is 0 Å². The number of rotatable bonds is 3. The third kappa shape index (κ3) is 2.92. The first kappa shape index (κ1) is 20.7. The molecular weight excluding hydrogens is 420 g/mol. The summed E-state index contributed by atoms with van der Waals surface area (Å²) in [5, 5.41) is 8.61. The topological polar surface area (TPSA) is 115 Å². The molecule has 0 saturated carbocycles. The molecule has 11 heteroatoms. The van der Waals surface area contributed by atoms with Crippen LogP contribution in [0.4, 0.5) is 28.9 Å². The van der Waals surface area contributed by atoms with E-state index < -0.39 is 74.2 Å². The van der Waals surface area contributed by atoms with Gasteiger partial charge in [-0.3, -0.25) is 4.79 Å². The van der Waals surface area contributed by atoms with E-state index in [-0.39, 0.29) is 12.6 Å². The van der Waals surface area contributed by atoms with E-state index in [0.29, 0.717) is 16.8 Å². The highest BCUT2D eigenvalue weighted by Gasteiger charge is 2.38. The minimum absolute atomic E-state index is 0.0995. The van der Waals surface area contributed by atoms with E-state index in [1.54, 1.807) is 6.92 Å². The second-order valence-electron chi connectivity index (χ2n) is 7.31. The Labute approximate surface area is 172 Å². The summed E-state index contributed by atoms with van der Waals surface area (Å²) in [5.74, 6) is -6.31. The number of fused-ring (bicyclic) bond motifs is 1. The quantitative estimate of drug-likeness (QED) is 0.429. The van der Waals surface area contributed by atoms with E-state index in [9.17, 15) is 23.5 Å². The van der Waals surface area contributed by atoms with Crippen molar-refractivity contribution in [1.29, 1.82) is 0 Å². The van der Waals surface area contributed by atoms with Gasteiger partial charge in [-0.05, 0) is 19.1 Å². The summed E-state index contributed by atoms with van der Waals surface area (Å²) in [6.45, 7) is 1.73. The van der Waals surface area contributed by atoms with E-state index in [0.717, 1.165) is 12.1 Å². The molecule has 7 nitrogen and oxygen atoms in total. The molecule has 1 aromatic heterocycles. The molecule has 0 radical (unpaired) electrons. The van der Waals surface area contributed by atoms with Crippen LogP contribution in [-0.4, -0.2) is 34.3 Å². The van der Waals surface area contributed by atoms with Gasteiger partial charge in [-0.25, -0.2) is 22.4 Å². The molecule has 4 rings (SSSR count). The van der Waals surface area contributed by atoms with Crippen molar-refractivity contribution in [2.75, 3.05) is 17.2 Å². The van der Waals surface area contributed by atoms with Crippen LogP contribution in [0.2, 0.25) is 0 Å². The van der Waals surface area contributed by atoms with Crippen molar-refractivity contribution in [2.24, 2.45) is 5.73 Å². The first-order valence-electron chi connectivity index (χ1n) is 9.11. The number of carboxylic acid groups (broad SMARTS) is 1. The number of halogens is 4. The van der Waals surface area contributed by atoms with Crippen LogP contribution in [0.3, 0.4) is 0 Å². The average Bonchev–Trinajstić information content (AvgIpc) is 2.71. The van der Waals surface area contributed by atoms with Gasteiger partial charge in [0.1, 0.15) is 22.9 Å². The van der Waals surface area contributed by atoms with Crippen molar-refractivity contribution in [3.8, 4) is 5.69 Å². The fraction of sp³-hybridized carbons (Fsp3) is 0.200. The Kier molecular flexibility index (Phi) is 4.65. The van der Waals surface area contributed by atoms with Crippen molar-refractivity contribution in [2.45, 2.75) is 19.0 Å². The number of carbonyl (C=O) groups is 1. The van der Waals surface area contributed by atoms with E-state index in [2.05, 4.69) is 0 Å². The van der Waals surface area contributed by atoms with Gasteiger partial charge in [0, 0.05) is 30.9 Å². The van der Waals surface area contributed by atoms with Gasteiger partial charge in [0.25, 0.3) is 0 Å². The van der Waals surface area contributed by atoms with Gasteiger partial charge in [-0.2, -0.15) is 0 Å². The number of nitrogens with zero attached hydrogens (tertiary/aromatic N) is 2. The predicted molar refractivity (Wildman–Crippen MR) is 106 cm³/mol. The molecule has 31 heavy (non-hydrogen) atoms. The highest BCUT2D eigenvalue weighted by Crippen LogP contribution is 2.39. The van der Waals surface area contributed by atoms with Gasteiger partial charge in [0.15, 0.2) is 11.6 Å². The molecule has 2 heterocycles. The number of hydrogen-bond donors (Lipinski definition) is 3. The molecule has 1 aliphatic heterocycles. The van der Waals surface area contributed by atoms with Gasteiger partial charge >= 0.3 is 5.97 Å². The Morgan fingerprint density at radius 1 is 1.19 bits per heavy atom. The molecule has 1 saturated heterocycles. The van der Waals surface area contributed by atoms with Crippen LogP contribution in [0.1, 0.15) is 17.3 Å². The number of nitrogens with two attached hydrogens (primary N) is 2. The first-order valence-corrected chi connectivity index (χ1v) is 9.11. The molecule has 0 spiro atoms. The number of benzene rings is 2. The van der Waals surface area contributed by atoms with Crippen LogP contribution < -0.4 is 21.8 Å². The second-order valence-corrected chi connectivity index (χ2v) is 7.31. The second kappa shape index (κ2) is 6.98. The molecule has 162 valence electrons. The third-order valence-corrected chi connectivity index (χ3v) is 5.54. The lowest BCUT2D eigenvalue weighted by Gasteiger charge is -2.46. The molecule has 1 fully saturated rings. The highest BCUT2D eigenvalue weighted by molar-refractivity contribution is 6.00. The monoisotopic (exact) mass is 436 g/mol. The number of carboxylic acids is 1. The third-order valence-electron chi connectivity index (χ3n) is 5.54. The van der Waals surface area contributed by atoms with Gasteiger partial charge in [-0.1, -0.05) is 0 Å². The predicted octanol–water partition coefficient (Wildman–Crippen LogP) is 2.36. The fourth-order valence-corrected chi connectivity index (χ4v) is 3.73. The van der Waals surface area contributed by atoms with Gasteiger partial charge in [-0.15, -0.1) is 0 Å². The number of nitrogen functional groups attached to an aromatic ring is 1. The maximum atomic E-state index is 15.7. The Morgan fingerprint density at radius 2 is 1.87 bits per heavy atom. The number of aromatic carboxylic acids is 1. The number of pyridine rings is 1. The summed E-state index contributed by atoms with van der Waals surface area (Å²) in [5.41, 5.74) is 7.02. The van der Waals surface area contributed by atoms with E-state index in [4.69, 9.17) is 11.5 Å². The highest BCUT2D eigenvalue weighted by atomic mass is 19.1. The molecule has 2 aromatic carbocycles. The summed E-state index contributed by atoms with van der Waals surface area (Å²) in [7, 11) is 0. The summed E-state index contributed by atoms with van der Waals surface area (Å²) in [6.07, 6.45) is 0.693. The Balaban J connectivity index is 2.18. The molecule has 5 N–H and O–H groups in total. The zero-order chi connectivity index (χ0) is 22.8. The molecule has 0 unspecified atom stereocenters. The number of hydrogen-bond acceptors (Lipinski definition) is 5. The van der Waals surface area contributed by atoms with Crippen molar-refractivity contribution < 1.29 is 27.5 Å². The molecule has 1 aliphatic rings. The Bertz CT molecular complexity index is 1320. The zero-order valence-corrected chi connectivity index (χ0v) is 16.0. The lowest BCUT2D eigenvalue weighted by atomic mass is 9.96. The van der Waals surface area contributed by atoms with Crippen LogP contribution in [0, 0.1) is 23.3 Å². The lowest BCUT2D eigenvalue weighted by Crippen LogP contribution is -2.63. The maximum Gasteiger partial charge on any atom is 0.341 e. The molecule has 0 aliphatic carbocycles. The van der Waals surface area contributed by atoms with Gasteiger partial charge in [0.05, 0.1) is 22.3 Å². The smallest absolute Gasteiger partial charge is 0.341 e. The minimum Gasteiger partial charge on any atom is -0.477 e. The van der Waals surface area contributed by atoms with Crippen LogP contribution in [0.25, 0.3) is 16.6 Å². The normalized spacial score (nSPS) is 18.3. The average molecular weight is 436 g/mol. The molecule has 2 atom stereocenters.